The van der Waals surface area contributed by atoms with E-state index >= 15 is 0 Å². The van der Waals surface area contributed by atoms with Gasteiger partial charge in [0.15, 0.2) is 0 Å². The van der Waals surface area contributed by atoms with E-state index < -0.39 is 0 Å². The van der Waals surface area contributed by atoms with Crippen molar-refractivity contribution in [2.75, 3.05) is 13.1 Å². The van der Waals surface area contributed by atoms with Crippen molar-refractivity contribution in [1.29, 1.82) is 0 Å². The van der Waals surface area contributed by atoms with Crippen LogP contribution in [0.15, 0.2) is 42.7 Å². The number of aryl methyl sites for hydroxylation is 1. The molecule has 1 heterocycles. The highest BCUT2D eigenvalue weighted by molar-refractivity contribution is 5.14. The maximum Gasteiger partial charge on any atom is 0.0692 e. The molecule has 17 heavy (non-hydrogen) atoms. The summed E-state index contributed by atoms with van der Waals surface area (Å²) in [6.45, 7) is 2.98. The first-order valence-electron chi connectivity index (χ1n) is 6.04. The van der Waals surface area contributed by atoms with Crippen molar-refractivity contribution in [1.82, 2.24) is 20.3 Å². The van der Waals surface area contributed by atoms with Crippen LogP contribution >= 0.6 is 0 Å². The summed E-state index contributed by atoms with van der Waals surface area (Å²) in [5, 5.41) is 11.1. The Kier molecular flexibility index (Phi) is 4.72. The van der Waals surface area contributed by atoms with Crippen LogP contribution in [-0.2, 0) is 13.0 Å². The first-order chi connectivity index (χ1) is 8.45. The van der Waals surface area contributed by atoms with E-state index in [-0.39, 0.29) is 0 Å². The second-order valence-electron chi connectivity index (χ2n) is 4.01. The Hall–Kier alpha value is -1.68. The molecule has 0 bridgehead atoms. The van der Waals surface area contributed by atoms with Gasteiger partial charge in [0.05, 0.1) is 6.20 Å². The zero-order valence-corrected chi connectivity index (χ0v) is 9.92. The average molecular weight is 230 g/mol. The third-order valence-electron chi connectivity index (χ3n) is 2.65. The molecule has 0 unspecified atom stereocenters. The summed E-state index contributed by atoms with van der Waals surface area (Å²) < 4.78 is 1.86. The van der Waals surface area contributed by atoms with Gasteiger partial charge in [-0.2, -0.15) is 0 Å². The molecule has 0 aliphatic rings. The van der Waals surface area contributed by atoms with Gasteiger partial charge in [-0.25, -0.2) is 0 Å². The van der Waals surface area contributed by atoms with E-state index in [0.717, 1.165) is 32.5 Å². The van der Waals surface area contributed by atoms with Crippen molar-refractivity contribution < 1.29 is 0 Å². The van der Waals surface area contributed by atoms with Gasteiger partial charge in [0.1, 0.15) is 0 Å². The predicted molar refractivity (Wildman–Crippen MR) is 67.7 cm³/mol. The molecule has 0 saturated heterocycles. The lowest BCUT2D eigenvalue weighted by Gasteiger charge is -2.04. The Labute approximate surface area is 102 Å². The Morgan fingerprint density at radius 1 is 1.12 bits per heavy atom. The largest absolute Gasteiger partial charge is 0.316 e. The van der Waals surface area contributed by atoms with Gasteiger partial charge in [-0.3, -0.25) is 4.68 Å². The molecule has 4 nitrogen and oxygen atoms in total. The molecule has 0 spiro atoms. The van der Waals surface area contributed by atoms with Crippen LogP contribution in [-0.4, -0.2) is 28.1 Å². The van der Waals surface area contributed by atoms with Crippen molar-refractivity contribution in [3.05, 3.63) is 48.3 Å². The van der Waals surface area contributed by atoms with Crippen molar-refractivity contribution in [2.45, 2.75) is 19.4 Å². The molecule has 0 radical (unpaired) electrons. The van der Waals surface area contributed by atoms with Crippen LogP contribution in [0, 0.1) is 0 Å². The number of aromatic nitrogens is 3. The number of nitrogens with one attached hydrogen (secondary N) is 1. The molecule has 2 rings (SSSR count). The minimum atomic E-state index is 0.929. The fourth-order valence-corrected chi connectivity index (χ4v) is 1.72. The molecule has 2 aromatic rings. The van der Waals surface area contributed by atoms with Crippen LogP contribution in [0.3, 0.4) is 0 Å². The minimum absolute atomic E-state index is 0.929. The van der Waals surface area contributed by atoms with E-state index in [2.05, 4.69) is 46.0 Å². The number of rotatable bonds is 7. The van der Waals surface area contributed by atoms with Crippen LogP contribution < -0.4 is 5.32 Å². The Balaban J connectivity index is 1.52. The van der Waals surface area contributed by atoms with Crippen LogP contribution in [0.1, 0.15) is 12.0 Å². The van der Waals surface area contributed by atoms with Gasteiger partial charge in [0.2, 0.25) is 0 Å². The SMILES string of the molecule is c1ccc(CCNCCCn2ccnn2)cc1. The smallest absolute Gasteiger partial charge is 0.0692 e. The van der Waals surface area contributed by atoms with Gasteiger partial charge in [-0.15, -0.1) is 5.10 Å². The molecule has 0 saturated carbocycles. The molecular formula is C13H18N4. The first kappa shape index (κ1) is 11.8. The molecule has 90 valence electrons. The maximum absolute atomic E-state index is 3.92. The topological polar surface area (TPSA) is 42.7 Å². The standard InChI is InChI=1S/C13H18N4/c1-2-5-13(6-3-1)7-9-14-8-4-11-17-12-10-15-16-17/h1-3,5-6,10,12,14H,4,7-9,11H2. The van der Waals surface area contributed by atoms with E-state index in [0.29, 0.717) is 0 Å². The number of benzene rings is 1. The molecule has 1 aromatic carbocycles. The van der Waals surface area contributed by atoms with Gasteiger partial charge in [-0.1, -0.05) is 35.5 Å². The molecule has 0 fully saturated rings. The summed E-state index contributed by atoms with van der Waals surface area (Å²) >= 11 is 0. The van der Waals surface area contributed by atoms with E-state index in [1.807, 2.05) is 10.9 Å². The highest BCUT2D eigenvalue weighted by Crippen LogP contribution is 1.98. The van der Waals surface area contributed by atoms with E-state index in [1.54, 1.807) is 6.20 Å². The molecule has 0 atom stereocenters. The summed E-state index contributed by atoms with van der Waals surface area (Å²) in [6, 6.07) is 10.5. The summed E-state index contributed by atoms with van der Waals surface area (Å²) in [5.74, 6) is 0. The highest BCUT2D eigenvalue weighted by atomic mass is 15.4. The van der Waals surface area contributed by atoms with Gasteiger partial charge >= 0.3 is 0 Å². The maximum atomic E-state index is 3.92. The fraction of sp³-hybridized carbons (Fsp3) is 0.385. The third-order valence-corrected chi connectivity index (χ3v) is 2.65. The molecule has 4 heteroatoms. The monoisotopic (exact) mass is 230 g/mol. The highest BCUT2D eigenvalue weighted by Gasteiger charge is 1.93. The van der Waals surface area contributed by atoms with Gasteiger partial charge in [0, 0.05) is 12.7 Å². The van der Waals surface area contributed by atoms with Crippen LogP contribution in [0.25, 0.3) is 0 Å². The summed E-state index contributed by atoms with van der Waals surface area (Å²) in [6.07, 6.45) is 5.77. The van der Waals surface area contributed by atoms with Gasteiger partial charge in [-0.05, 0) is 31.5 Å². The van der Waals surface area contributed by atoms with E-state index in [1.165, 1.54) is 5.56 Å². The van der Waals surface area contributed by atoms with Crippen molar-refractivity contribution in [2.24, 2.45) is 0 Å². The Morgan fingerprint density at radius 2 is 2.00 bits per heavy atom. The molecule has 0 aliphatic carbocycles. The summed E-state index contributed by atoms with van der Waals surface area (Å²) in [7, 11) is 0. The first-order valence-corrected chi connectivity index (χ1v) is 6.04. The lowest BCUT2D eigenvalue weighted by molar-refractivity contribution is 0.531. The predicted octanol–water partition coefficient (Wildman–Crippen LogP) is 1.50. The van der Waals surface area contributed by atoms with E-state index in [9.17, 15) is 0 Å². The second-order valence-corrected chi connectivity index (χ2v) is 4.01. The summed E-state index contributed by atoms with van der Waals surface area (Å²) in [4.78, 5) is 0. The lowest BCUT2D eigenvalue weighted by Crippen LogP contribution is -2.19. The van der Waals surface area contributed by atoms with E-state index in [4.69, 9.17) is 0 Å². The summed E-state index contributed by atoms with van der Waals surface area (Å²) in [5.41, 5.74) is 1.39. The third kappa shape index (κ3) is 4.36. The fourth-order valence-electron chi connectivity index (χ4n) is 1.72. The molecule has 0 aliphatic heterocycles. The van der Waals surface area contributed by atoms with Crippen molar-refractivity contribution in [3.63, 3.8) is 0 Å². The van der Waals surface area contributed by atoms with Gasteiger partial charge in [0.25, 0.3) is 0 Å². The zero-order valence-electron chi connectivity index (χ0n) is 9.92. The number of hydrogen-bond donors (Lipinski definition) is 1. The second kappa shape index (κ2) is 6.81. The molecule has 0 amide bonds. The number of nitrogens with zero attached hydrogens (tertiary/aromatic N) is 3. The zero-order chi connectivity index (χ0) is 11.8. The minimum Gasteiger partial charge on any atom is -0.316 e. The number of hydrogen-bond acceptors (Lipinski definition) is 3. The molecular weight excluding hydrogens is 212 g/mol. The Morgan fingerprint density at radius 3 is 2.76 bits per heavy atom. The lowest BCUT2D eigenvalue weighted by atomic mass is 10.1. The van der Waals surface area contributed by atoms with Crippen LogP contribution in [0.2, 0.25) is 0 Å². The normalized spacial score (nSPS) is 10.6. The molecule has 1 N–H and O–H groups in total. The van der Waals surface area contributed by atoms with Crippen LogP contribution in [0.5, 0.6) is 0 Å². The molecule has 1 aromatic heterocycles. The van der Waals surface area contributed by atoms with Gasteiger partial charge < -0.3 is 5.32 Å². The van der Waals surface area contributed by atoms with Crippen molar-refractivity contribution in [3.8, 4) is 0 Å². The Bertz CT molecular complexity index is 397. The van der Waals surface area contributed by atoms with Crippen molar-refractivity contribution >= 4 is 0 Å². The van der Waals surface area contributed by atoms with Crippen LogP contribution in [0.4, 0.5) is 0 Å². The average Bonchev–Trinajstić information content (AvgIpc) is 2.88. The quantitative estimate of drug-likeness (QED) is 0.733.